The van der Waals surface area contributed by atoms with Crippen LogP contribution in [0.5, 0.6) is 0 Å². The Bertz CT molecular complexity index is 757. The Labute approximate surface area is 165 Å². The number of carbonyl (C=O) groups excluding carboxylic acids is 2. The predicted octanol–water partition coefficient (Wildman–Crippen LogP) is 3.05. The SMILES string of the molecule is C[C@@H]1CC2C3CCC4=CC(=O)C=C[C@]4(C)C3C(O)C[C@]2(C)[C@@]1(O)C(=O)CCl. The molecule has 5 heteroatoms. The molecule has 0 aromatic carbocycles. The summed E-state index contributed by atoms with van der Waals surface area (Å²) in [6.07, 6.45) is 7.54. The number of hydrogen-bond acceptors (Lipinski definition) is 4. The third-order valence-electron chi connectivity index (χ3n) is 8.62. The molecule has 4 aliphatic carbocycles. The highest BCUT2D eigenvalue weighted by Crippen LogP contribution is 2.68. The maximum Gasteiger partial charge on any atom is 0.179 e. The Balaban J connectivity index is 1.78. The van der Waals surface area contributed by atoms with Crippen LogP contribution in [0.4, 0.5) is 0 Å². The van der Waals surface area contributed by atoms with E-state index in [4.69, 9.17) is 11.6 Å². The van der Waals surface area contributed by atoms with Crippen LogP contribution >= 0.6 is 11.6 Å². The summed E-state index contributed by atoms with van der Waals surface area (Å²) >= 11 is 5.86. The fraction of sp³-hybridized carbons (Fsp3) is 0.727. The normalized spacial score (nSPS) is 51.3. The lowest BCUT2D eigenvalue weighted by molar-refractivity contribution is -0.179. The van der Waals surface area contributed by atoms with E-state index in [9.17, 15) is 19.8 Å². The van der Waals surface area contributed by atoms with Crippen LogP contribution in [-0.4, -0.2) is 39.4 Å². The number of aliphatic hydroxyl groups excluding tert-OH is 1. The molecule has 0 aromatic rings. The van der Waals surface area contributed by atoms with E-state index in [2.05, 4.69) is 6.92 Å². The third kappa shape index (κ3) is 2.30. The van der Waals surface area contributed by atoms with Gasteiger partial charge in [-0.05, 0) is 55.6 Å². The van der Waals surface area contributed by atoms with Gasteiger partial charge in [0.25, 0.3) is 0 Å². The van der Waals surface area contributed by atoms with Crippen molar-refractivity contribution in [3.63, 3.8) is 0 Å². The fourth-order valence-electron chi connectivity index (χ4n) is 7.36. The molecule has 4 nitrogen and oxygen atoms in total. The first-order chi connectivity index (χ1) is 12.6. The van der Waals surface area contributed by atoms with Crippen molar-refractivity contribution in [1.29, 1.82) is 0 Å². The van der Waals surface area contributed by atoms with Crippen LogP contribution in [-0.2, 0) is 9.59 Å². The highest BCUT2D eigenvalue weighted by Gasteiger charge is 2.70. The molecule has 0 radical (unpaired) electrons. The smallest absolute Gasteiger partial charge is 0.179 e. The number of halogens is 1. The van der Waals surface area contributed by atoms with Gasteiger partial charge in [-0.3, -0.25) is 9.59 Å². The lowest BCUT2D eigenvalue weighted by Crippen LogP contribution is -2.62. The standard InChI is InChI=1S/C22H29ClO4/c1-12-8-16-15-5-4-13-9-14(24)6-7-20(13,2)19(15)17(25)10-21(16,3)22(12,27)18(26)11-23/h6-7,9,12,15-17,19,25,27H,4-5,8,10-11H2,1-3H3/t12-,15?,16?,17?,19?,20+,21+,22+/m1/s1. The molecule has 2 N–H and O–H groups in total. The van der Waals surface area contributed by atoms with Crippen molar-refractivity contribution in [3.05, 3.63) is 23.8 Å². The Morgan fingerprint density at radius 1 is 1.37 bits per heavy atom. The summed E-state index contributed by atoms with van der Waals surface area (Å²) in [6.45, 7) is 6.03. The maximum absolute atomic E-state index is 12.7. The molecule has 27 heavy (non-hydrogen) atoms. The molecular formula is C22H29ClO4. The van der Waals surface area contributed by atoms with Crippen LogP contribution in [0, 0.1) is 34.5 Å². The van der Waals surface area contributed by atoms with Crippen LogP contribution < -0.4 is 0 Å². The van der Waals surface area contributed by atoms with Gasteiger partial charge in [-0.2, -0.15) is 0 Å². The first-order valence-electron chi connectivity index (χ1n) is 10.0. The molecule has 3 fully saturated rings. The number of rotatable bonds is 2. The quantitative estimate of drug-likeness (QED) is 0.708. The number of ketones is 2. The van der Waals surface area contributed by atoms with E-state index in [0.717, 1.165) is 24.8 Å². The second-order valence-electron chi connectivity index (χ2n) is 9.67. The zero-order valence-electron chi connectivity index (χ0n) is 16.2. The highest BCUT2D eigenvalue weighted by molar-refractivity contribution is 6.29. The van der Waals surface area contributed by atoms with E-state index in [1.54, 1.807) is 12.2 Å². The van der Waals surface area contributed by atoms with Crippen molar-refractivity contribution in [2.45, 2.75) is 58.2 Å². The molecule has 4 unspecified atom stereocenters. The first-order valence-corrected chi connectivity index (χ1v) is 10.6. The van der Waals surface area contributed by atoms with Crippen LogP contribution in [0.15, 0.2) is 23.8 Å². The third-order valence-corrected chi connectivity index (χ3v) is 8.87. The van der Waals surface area contributed by atoms with Crippen LogP contribution in [0.25, 0.3) is 0 Å². The van der Waals surface area contributed by atoms with Crippen molar-refractivity contribution >= 4 is 23.2 Å². The van der Waals surface area contributed by atoms with Crippen molar-refractivity contribution in [3.8, 4) is 0 Å². The van der Waals surface area contributed by atoms with Gasteiger partial charge >= 0.3 is 0 Å². The summed E-state index contributed by atoms with van der Waals surface area (Å²) in [4.78, 5) is 24.5. The molecule has 4 rings (SSSR count). The maximum atomic E-state index is 12.7. The van der Waals surface area contributed by atoms with Crippen molar-refractivity contribution in [2.75, 3.05) is 5.88 Å². The molecule has 0 amide bonds. The van der Waals surface area contributed by atoms with Gasteiger partial charge in [-0.1, -0.05) is 32.4 Å². The fourth-order valence-corrected chi connectivity index (χ4v) is 7.56. The van der Waals surface area contributed by atoms with E-state index in [-0.39, 0.29) is 46.5 Å². The summed E-state index contributed by atoms with van der Waals surface area (Å²) in [7, 11) is 0. The van der Waals surface area contributed by atoms with Gasteiger partial charge in [0.2, 0.25) is 0 Å². The van der Waals surface area contributed by atoms with Crippen molar-refractivity contribution in [2.24, 2.45) is 34.5 Å². The number of Topliss-reactive ketones (excluding diaryl/α,β-unsaturated/α-hetero) is 1. The van der Waals surface area contributed by atoms with Gasteiger partial charge in [0.1, 0.15) is 5.60 Å². The number of hydrogen-bond donors (Lipinski definition) is 2. The van der Waals surface area contributed by atoms with Gasteiger partial charge in [0.15, 0.2) is 11.6 Å². The Morgan fingerprint density at radius 2 is 2.07 bits per heavy atom. The van der Waals surface area contributed by atoms with Gasteiger partial charge < -0.3 is 10.2 Å². The average Bonchev–Trinajstić information content (AvgIpc) is 2.82. The summed E-state index contributed by atoms with van der Waals surface area (Å²) < 4.78 is 0. The minimum Gasteiger partial charge on any atom is -0.393 e. The Kier molecular flexibility index (Phi) is 4.31. The highest BCUT2D eigenvalue weighted by atomic mass is 35.5. The molecular weight excluding hydrogens is 364 g/mol. The monoisotopic (exact) mass is 392 g/mol. The van der Waals surface area contributed by atoms with Crippen LogP contribution in [0.3, 0.4) is 0 Å². The van der Waals surface area contributed by atoms with E-state index >= 15 is 0 Å². The Hall–Kier alpha value is -0.970. The zero-order valence-corrected chi connectivity index (χ0v) is 17.0. The lowest BCUT2D eigenvalue weighted by atomic mass is 9.46. The molecule has 0 aliphatic heterocycles. The second kappa shape index (κ2) is 6.01. The van der Waals surface area contributed by atoms with E-state index < -0.39 is 17.1 Å². The molecule has 4 aliphatic rings. The van der Waals surface area contributed by atoms with Crippen LogP contribution in [0.1, 0.15) is 46.5 Å². The number of allylic oxidation sites excluding steroid dienone is 4. The van der Waals surface area contributed by atoms with E-state index in [1.807, 2.05) is 19.9 Å². The minimum atomic E-state index is -1.49. The van der Waals surface area contributed by atoms with Gasteiger partial charge in [-0.15, -0.1) is 11.6 Å². The lowest BCUT2D eigenvalue weighted by Gasteiger charge is -2.59. The Morgan fingerprint density at radius 3 is 2.74 bits per heavy atom. The van der Waals surface area contributed by atoms with Crippen LogP contribution in [0.2, 0.25) is 0 Å². The summed E-state index contributed by atoms with van der Waals surface area (Å²) in [5, 5.41) is 22.8. The largest absolute Gasteiger partial charge is 0.393 e. The molecule has 0 aromatic heterocycles. The molecule has 148 valence electrons. The number of aliphatic hydroxyl groups is 2. The van der Waals surface area contributed by atoms with Crippen molar-refractivity contribution < 1.29 is 19.8 Å². The molecule has 0 saturated heterocycles. The average molecular weight is 393 g/mol. The molecule has 0 heterocycles. The summed E-state index contributed by atoms with van der Waals surface area (Å²) in [6, 6.07) is 0. The summed E-state index contributed by atoms with van der Waals surface area (Å²) in [5.74, 6) is -0.326. The number of fused-ring (bicyclic) bond motifs is 5. The molecule has 8 atom stereocenters. The summed E-state index contributed by atoms with van der Waals surface area (Å²) in [5.41, 5.74) is -1.39. The van der Waals surface area contributed by atoms with Gasteiger partial charge in [0.05, 0.1) is 12.0 Å². The van der Waals surface area contributed by atoms with Gasteiger partial charge in [-0.25, -0.2) is 0 Å². The number of carbonyl (C=O) groups is 2. The first kappa shape index (κ1) is 19.4. The van der Waals surface area contributed by atoms with Gasteiger partial charge in [0, 0.05) is 16.7 Å². The van der Waals surface area contributed by atoms with E-state index in [1.165, 1.54) is 0 Å². The minimum absolute atomic E-state index is 0.000536. The predicted molar refractivity (Wildman–Crippen MR) is 103 cm³/mol. The number of alkyl halides is 1. The second-order valence-corrected chi connectivity index (χ2v) is 9.94. The van der Waals surface area contributed by atoms with Crippen molar-refractivity contribution in [1.82, 2.24) is 0 Å². The molecule has 0 bridgehead atoms. The molecule has 3 saturated carbocycles. The topological polar surface area (TPSA) is 74.6 Å². The molecule has 0 spiro atoms. The zero-order chi connectivity index (χ0) is 19.8. The van der Waals surface area contributed by atoms with E-state index in [0.29, 0.717) is 6.42 Å².